The Morgan fingerprint density at radius 2 is 1.50 bits per heavy atom. The number of carbonyl (C=O) groups excluding carboxylic acids is 1. The molecule has 2 aromatic carbocycles. The molecule has 0 amide bonds. The van der Waals surface area contributed by atoms with Crippen molar-refractivity contribution in [2.75, 3.05) is 13.7 Å². The van der Waals surface area contributed by atoms with Crippen LogP contribution in [0.4, 0.5) is 4.39 Å². The fourth-order valence-electron chi connectivity index (χ4n) is 2.35. The molecule has 0 N–H and O–H groups in total. The summed E-state index contributed by atoms with van der Waals surface area (Å²) in [5.41, 5.74) is 1.83. The first-order valence-corrected chi connectivity index (χ1v) is 8.19. The molecule has 0 bridgehead atoms. The van der Waals surface area contributed by atoms with E-state index in [1.54, 1.807) is 26.2 Å². The highest BCUT2D eigenvalue weighted by atomic mass is 19.1. The molecular weight excluding hydrogens is 307 g/mol. The third-order valence-corrected chi connectivity index (χ3v) is 3.47. The van der Waals surface area contributed by atoms with Crippen LogP contribution in [-0.2, 0) is 9.53 Å². The normalized spacial score (nSPS) is 11.0. The van der Waals surface area contributed by atoms with Crippen LogP contribution in [0.1, 0.15) is 44.2 Å². The minimum absolute atomic E-state index is 0.175. The monoisotopic (exact) mass is 332 g/mol. The highest BCUT2D eigenvalue weighted by molar-refractivity contribution is 5.71. The number of hydrogen-bond donors (Lipinski definition) is 0. The predicted octanol–water partition coefficient (Wildman–Crippen LogP) is 4.95. The maximum absolute atomic E-state index is 13.1. The van der Waals surface area contributed by atoms with E-state index in [0.717, 1.165) is 16.9 Å². The Morgan fingerprint density at radius 3 is 1.96 bits per heavy atom. The molecule has 0 heterocycles. The molecule has 24 heavy (non-hydrogen) atoms. The lowest BCUT2D eigenvalue weighted by Gasteiger charge is -2.17. The Hall–Kier alpha value is -2.36. The molecule has 0 aliphatic rings. The number of hydrogen-bond acceptors (Lipinski definition) is 3. The molecule has 2 aromatic rings. The van der Waals surface area contributed by atoms with Gasteiger partial charge < -0.3 is 9.47 Å². The van der Waals surface area contributed by atoms with Gasteiger partial charge in [-0.05, 0) is 42.3 Å². The second-order valence-corrected chi connectivity index (χ2v) is 4.89. The number of rotatable bonds is 6. The third kappa shape index (κ3) is 5.69. The summed E-state index contributed by atoms with van der Waals surface area (Å²) in [6, 6.07) is 13.7. The Labute approximate surface area is 143 Å². The van der Waals surface area contributed by atoms with Crippen molar-refractivity contribution in [3.05, 3.63) is 65.5 Å². The zero-order valence-corrected chi connectivity index (χ0v) is 14.7. The Morgan fingerprint density at radius 1 is 1.00 bits per heavy atom. The van der Waals surface area contributed by atoms with Crippen molar-refractivity contribution in [1.29, 1.82) is 0 Å². The predicted molar refractivity (Wildman–Crippen MR) is 93.8 cm³/mol. The van der Waals surface area contributed by atoms with Crippen LogP contribution >= 0.6 is 0 Å². The smallest absolute Gasteiger partial charge is 0.306 e. The van der Waals surface area contributed by atoms with Crippen molar-refractivity contribution in [1.82, 2.24) is 0 Å². The molecule has 1 atom stereocenters. The lowest BCUT2D eigenvalue weighted by atomic mass is 9.88. The number of carbonyl (C=O) groups is 1. The van der Waals surface area contributed by atoms with E-state index in [9.17, 15) is 9.18 Å². The summed E-state index contributed by atoms with van der Waals surface area (Å²) in [5, 5.41) is 0. The standard InChI is InChI=1S/C18H19FO3.C2H6/c1-3-22-18(20)12-17(13-4-8-15(19)9-5-13)14-6-10-16(21-2)11-7-14;1-2/h4-11,17H,3,12H2,1-2H3;1-2H3. The third-order valence-electron chi connectivity index (χ3n) is 3.47. The fraction of sp³-hybridized carbons (Fsp3) is 0.350. The van der Waals surface area contributed by atoms with Crippen LogP contribution in [0, 0.1) is 5.82 Å². The quantitative estimate of drug-likeness (QED) is 0.702. The zero-order valence-electron chi connectivity index (χ0n) is 14.7. The molecule has 2 rings (SSSR count). The zero-order chi connectivity index (χ0) is 17.9. The summed E-state index contributed by atoms with van der Waals surface area (Å²) in [7, 11) is 1.60. The number of esters is 1. The lowest BCUT2D eigenvalue weighted by molar-refractivity contribution is -0.143. The van der Waals surface area contributed by atoms with Crippen LogP contribution in [0.5, 0.6) is 5.75 Å². The minimum atomic E-state index is -0.298. The summed E-state index contributed by atoms with van der Waals surface area (Å²) in [4.78, 5) is 11.9. The Kier molecular flexibility index (Phi) is 8.55. The molecule has 0 saturated heterocycles. The summed E-state index contributed by atoms with van der Waals surface area (Å²) in [5.74, 6) is 0.00399. The molecule has 0 spiro atoms. The van der Waals surface area contributed by atoms with Crippen molar-refractivity contribution in [3.8, 4) is 5.75 Å². The van der Waals surface area contributed by atoms with Crippen LogP contribution in [0.15, 0.2) is 48.5 Å². The fourth-order valence-corrected chi connectivity index (χ4v) is 2.35. The van der Waals surface area contributed by atoms with E-state index in [1.807, 2.05) is 38.1 Å². The highest BCUT2D eigenvalue weighted by Gasteiger charge is 2.19. The molecule has 0 aromatic heterocycles. The first-order valence-electron chi connectivity index (χ1n) is 8.19. The Bertz CT molecular complexity index is 606. The van der Waals surface area contributed by atoms with Gasteiger partial charge in [-0.25, -0.2) is 4.39 Å². The van der Waals surface area contributed by atoms with E-state index in [0.29, 0.717) is 6.61 Å². The molecule has 4 heteroatoms. The molecule has 1 unspecified atom stereocenters. The van der Waals surface area contributed by atoms with Crippen molar-refractivity contribution in [2.45, 2.75) is 33.1 Å². The second-order valence-electron chi connectivity index (χ2n) is 4.89. The van der Waals surface area contributed by atoms with Gasteiger partial charge in [0.05, 0.1) is 20.1 Å². The van der Waals surface area contributed by atoms with Gasteiger partial charge in [0.15, 0.2) is 0 Å². The van der Waals surface area contributed by atoms with Crippen molar-refractivity contribution < 1.29 is 18.7 Å². The first kappa shape index (κ1) is 19.7. The van der Waals surface area contributed by atoms with Crippen molar-refractivity contribution in [2.24, 2.45) is 0 Å². The number of benzene rings is 2. The van der Waals surface area contributed by atoms with Crippen LogP contribution in [0.3, 0.4) is 0 Å². The second kappa shape index (κ2) is 10.4. The topological polar surface area (TPSA) is 35.5 Å². The van der Waals surface area contributed by atoms with Gasteiger partial charge in [0.25, 0.3) is 0 Å². The summed E-state index contributed by atoms with van der Waals surface area (Å²) in [6.45, 7) is 6.12. The van der Waals surface area contributed by atoms with Gasteiger partial charge in [-0.15, -0.1) is 0 Å². The average Bonchev–Trinajstić information content (AvgIpc) is 2.63. The van der Waals surface area contributed by atoms with Crippen molar-refractivity contribution in [3.63, 3.8) is 0 Å². The molecule has 3 nitrogen and oxygen atoms in total. The molecule has 0 saturated carbocycles. The molecule has 0 aliphatic heterocycles. The van der Waals surface area contributed by atoms with Gasteiger partial charge in [-0.2, -0.15) is 0 Å². The van der Waals surface area contributed by atoms with E-state index in [4.69, 9.17) is 9.47 Å². The van der Waals surface area contributed by atoms with Gasteiger partial charge in [0.1, 0.15) is 11.6 Å². The summed E-state index contributed by atoms with van der Waals surface area (Å²) in [6.07, 6.45) is 0.214. The van der Waals surface area contributed by atoms with Gasteiger partial charge in [0, 0.05) is 5.92 Å². The molecular formula is C20H25FO3. The average molecular weight is 332 g/mol. The van der Waals surface area contributed by atoms with Crippen LogP contribution in [0.25, 0.3) is 0 Å². The van der Waals surface area contributed by atoms with E-state index < -0.39 is 0 Å². The van der Waals surface area contributed by atoms with Crippen molar-refractivity contribution >= 4 is 5.97 Å². The van der Waals surface area contributed by atoms with Crippen LogP contribution in [0.2, 0.25) is 0 Å². The first-order chi connectivity index (χ1) is 11.6. The SMILES string of the molecule is CC.CCOC(=O)CC(c1ccc(F)cc1)c1ccc(OC)cc1. The number of ether oxygens (including phenoxy) is 2. The number of methoxy groups -OCH3 is 1. The van der Waals surface area contributed by atoms with Gasteiger partial charge in [-0.3, -0.25) is 4.79 Å². The Balaban J connectivity index is 0.00000139. The van der Waals surface area contributed by atoms with Gasteiger partial charge in [-0.1, -0.05) is 38.1 Å². The summed E-state index contributed by atoms with van der Waals surface area (Å²) >= 11 is 0. The molecule has 0 fully saturated rings. The lowest BCUT2D eigenvalue weighted by Crippen LogP contribution is -2.11. The van der Waals surface area contributed by atoms with E-state index in [1.165, 1.54) is 12.1 Å². The molecule has 130 valence electrons. The van der Waals surface area contributed by atoms with E-state index >= 15 is 0 Å². The molecule has 0 aliphatic carbocycles. The van der Waals surface area contributed by atoms with E-state index in [-0.39, 0.29) is 24.1 Å². The van der Waals surface area contributed by atoms with Gasteiger partial charge in [0.2, 0.25) is 0 Å². The van der Waals surface area contributed by atoms with E-state index in [2.05, 4.69) is 0 Å². The van der Waals surface area contributed by atoms with Crippen LogP contribution in [-0.4, -0.2) is 19.7 Å². The van der Waals surface area contributed by atoms with Gasteiger partial charge >= 0.3 is 5.97 Å². The maximum atomic E-state index is 13.1. The van der Waals surface area contributed by atoms with Crippen LogP contribution < -0.4 is 4.74 Å². The summed E-state index contributed by atoms with van der Waals surface area (Å²) < 4.78 is 23.3. The number of halogens is 1. The highest BCUT2D eigenvalue weighted by Crippen LogP contribution is 2.30. The minimum Gasteiger partial charge on any atom is -0.497 e. The molecule has 0 radical (unpaired) electrons. The maximum Gasteiger partial charge on any atom is 0.306 e. The largest absolute Gasteiger partial charge is 0.497 e.